The predicted molar refractivity (Wildman–Crippen MR) is 48.2 cm³/mol. The van der Waals surface area contributed by atoms with E-state index in [4.69, 9.17) is 0 Å². The van der Waals surface area contributed by atoms with Crippen LogP contribution < -0.4 is 4.74 Å². The van der Waals surface area contributed by atoms with Gasteiger partial charge in [0.25, 0.3) is 0 Å². The van der Waals surface area contributed by atoms with Gasteiger partial charge in [0, 0.05) is 0 Å². The Morgan fingerprint density at radius 2 is 2.12 bits per heavy atom. The number of halogens is 3. The van der Waals surface area contributed by atoms with Crippen molar-refractivity contribution in [3.8, 4) is 5.75 Å². The van der Waals surface area contributed by atoms with Crippen LogP contribution in [0.15, 0.2) is 18.2 Å². The van der Waals surface area contributed by atoms with Crippen molar-refractivity contribution in [3.63, 3.8) is 0 Å². The fraction of sp³-hybridized carbons (Fsp3) is 0.300. The Bertz CT molecular complexity index is 374. The van der Waals surface area contributed by atoms with Gasteiger partial charge in [0.2, 0.25) is 0 Å². The molecule has 0 aliphatic carbocycles. The van der Waals surface area contributed by atoms with Crippen molar-refractivity contribution >= 4 is 5.97 Å². The highest BCUT2D eigenvalue weighted by molar-refractivity contribution is 5.89. The van der Waals surface area contributed by atoms with Gasteiger partial charge < -0.3 is 9.47 Å². The monoisotopic (exact) mass is 233 g/mol. The molecule has 3 nitrogen and oxygen atoms in total. The van der Waals surface area contributed by atoms with Gasteiger partial charge in [0.15, 0.2) is 6.61 Å². The number of hydrogen-bond acceptors (Lipinski definition) is 3. The van der Waals surface area contributed by atoms with E-state index in [0.717, 1.165) is 6.07 Å². The molecule has 1 rings (SSSR count). The normalized spacial score (nSPS) is 11.0. The summed E-state index contributed by atoms with van der Waals surface area (Å²) >= 11 is 0. The molecular weight excluding hydrogens is 225 g/mol. The third-order valence-corrected chi connectivity index (χ3v) is 1.59. The molecule has 0 aromatic heterocycles. The molecule has 0 N–H and O–H groups in total. The van der Waals surface area contributed by atoms with Gasteiger partial charge in [-0.15, -0.1) is 0 Å². The second-order valence-electron chi connectivity index (χ2n) is 2.85. The Balaban J connectivity index is 2.71. The third kappa shape index (κ3) is 3.80. The van der Waals surface area contributed by atoms with Gasteiger partial charge in [0.1, 0.15) is 5.75 Å². The molecule has 87 valence electrons. The van der Waals surface area contributed by atoms with Crippen LogP contribution in [0.25, 0.3) is 0 Å². The van der Waals surface area contributed by atoms with E-state index in [1.54, 1.807) is 0 Å². The van der Waals surface area contributed by atoms with E-state index >= 15 is 0 Å². The van der Waals surface area contributed by atoms with Gasteiger partial charge in [0.05, 0.1) is 12.7 Å². The first-order valence-electron chi connectivity index (χ1n) is 4.21. The zero-order chi connectivity index (χ0) is 12.2. The number of benzene rings is 1. The first-order valence-corrected chi connectivity index (χ1v) is 4.21. The summed E-state index contributed by atoms with van der Waals surface area (Å²) in [7, 11) is 1.17. The van der Waals surface area contributed by atoms with Crippen molar-refractivity contribution in [1.82, 2.24) is 0 Å². The minimum atomic E-state index is -4.42. The van der Waals surface area contributed by atoms with E-state index in [0.29, 0.717) is 0 Å². The summed E-state index contributed by atoms with van der Waals surface area (Å²) in [5.74, 6) is -0.742. The van der Waals surface area contributed by atoms with Crippen molar-refractivity contribution in [1.29, 1.82) is 0 Å². The van der Waals surface area contributed by atoms with Crippen molar-refractivity contribution in [2.45, 2.75) is 6.18 Å². The standard InChI is InChI=1S/C10H8F3O3/c1-15-9(14)7-3-2-4-8(5-7)16-6-10(11,12)13/h3-5H,6H2,1H3. The lowest BCUT2D eigenvalue weighted by molar-refractivity contribution is -0.153. The van der Waals surface area contributed by atoms with Gasteiger partial charge in [-0.3, -0.25) is 0 Å². The van der Waals surface area contributed by atoms with Crippen molar-refractivity contribution in [3.05, 3.63) is 29.8 Å². The zero-order valence-corrected chi connectivity index (χ0v) is 8.30. The molecule has 1 aromatic rings. The fourth-order valence-corrected chi connectivity index (χ4v) is 0.934. The Morgan fingerprint density at radius 1 is 1.44 bits per heavy atom. The van der Waals surface area contributed by atoms with Crippen LogP contribution in [0, 0.1) is 6.07 Å². The molecule has 0 atom stereocenters. The number of alkyl halides is 3. The van der Waals surface area contributed by atoms with Crippen LogP contribution in [-0.2, 0) is 4.74 Å². The fourth-order valence-electron chi connectivity index (χ4n) is 0.934. The molecule has 0 aliphatic rings. The van der Waals surface area contributed by atoms with Crippen LogP contribution in [0.2, 0.25) is 0 Å². The van der Waals surface area contributed by atoms with Crippen LogP contribution in [0.3, 0.4) is 0 Å². The summed E-state index contributed by atoms with van der Waals surface area (Å²) in [6.45, 7) is -1.41. The van der Waals surface area contributed by atoms with Crippen LogP contribution in [0.4, 0.5) is 13.2 Å². The minimum Gasteiger partial charge on any atom is -0.484 e. The predicted octanol–water partition coefficient (Wildman–Crippen LogP) is 2.21. The lowest BCUT2D eigenvalue weighted by atomic mass is 10.2. The molecule has 6 heteroatoms. The van der Waals surface area contributed by atoms with Gasteiger partial charge in [-0.05, 0) is 24.3 Å². The smallest absolute Gasteiger partial charge is 0.422 e. The number of rotatable bonds is 3. The Labute approximate surface area is 89.8 Å². The third-order valence-electron chi connectivity index (χ3n) is 1.59. The number of hydrogen-bond donors (Lipinski definition) is 0. The molecule has 0 saturated carbocycles. The number of esters is 1. The highest BCUT2D eigenvalue weighted by atomic mass is 19.4. The molecule has 0 aliphatic heterocycles. The lowest BCUT2D eigenvalue weighted by Crippen LogP contribution is -2.19. The van der Waals surface area contributed by atoms with E-state index in [9.17, 15) is 18.0 Å². The largest absolute Gasteiger partial charge is 0.484 e. The minimum absolute atomic E-state index is 0.0831. The maximum Gasteiger partial charge on any atom is 0.422 e. The van der Waals surface area contributed by atoms with Gasteiger partial charge in [-0.2, -0.15) is 13.2 Å². The Morgan fingerprint density at radius 3 is 2.69 bits per heavy atom. The molecule has 16 heavy (non-hydrogen) atoms. The number of carbonyl (C=O) groups excluding carboxylic acids is 1. The topological polar surface area (TPSA) is 35.5 Å². The van der Waals surface area contributed by atoms with Crippen molar-refractivity contribution < 1.29 is 27.4 Å². The molecule has 0 amide bonds. The van der Waals surface area contributed by atoms with Gasteiger partial charge in [-0.25, -0.2) is 4.79 Å². The zero-order valence-electron chi connectivity index (χ0n) is 8.30. The molecule has 0 unspecified atom stereocenters. The maximum absolute atomic E-state index is 11.8. The Kier molecular flexibility index (Phi) is 3.76. The maximum atomic E-state index is 11.8. The average Bonchev–Trinajstić information content (AvgIpc) is 2.25. The summed E-state index contributed by atoms with van der Waals surface area (Å²) < 4.78 is 44.4. The van der Waals surface area contributed by atoms with Crippen molar-refractivity contribution in [2.75, 3.05) is 13.7 Å². The van der Waals surface area contributed by atoms with Crippen LogP contribution in [0.1, 0.15) is 10.4 Å². The first-order chi connectivity index (χ1) is 7.42. The summed E-state index contributed by atoms with van der Waals surface area (Å²) in [5, 5.41) is 0. The Hall–Kier alpha value is -1.72. The summed E-state index contributed by atoms with van der Waals surface area (Å²) in [4.78, 5) is 11.0. The average molecular weight is 233 g/mol. The SMILES string of the molecule is COC(=O)c1c[c]cc(OCC(F)(F)F)c1. The van der Waals surface area contributed by atoms with Crippen LogP contribution >= 0.6 is 0 Å². The lowest BCUT2D eigenvalue weighted by Gasteiger charge is -2.09. The van der Waals surface area contributed by atoms with Crippen LogP contribution in [-0.4, -0.2) is 25.9 Å². The van der Waals surface area contributed by atoms with E-state index < -0.39 is 18.8 Å². The van der Waals surface area contributed by atoms with E-state index in [2.05, 4.69) is 15.5 Å². The molecule has 1 radical (unpaired) electrons. The quantitative estimate of drug-likeness (QED) is 0.751. The molecule has 0 heterocycles. The molecule has 0 bridgehead atoms. The number of carbonyl (C=O) groups is 1. The van der Waals surface area contributed by atoms with Gasteiger partial charge >= 0.3 is 12.1 Å². The summed E-state index contributed by atoms with van der Waals surface area (Å²) in [5.41, 5.74) is 0.0853. The van der Waals surface area contributed by atoms with E-state index in [1.807, 2.05) is 0 Å². The second kappa shape index (κ2) is 4.87. The second-order valence-corrected chi connectivity index (χ2v) is 2.85. The first kappa shape index (κ1) is 12.4. The summed E-state index contributed by atoms with van der Waals surface area (Å²) in [6, 6.07) is 6.15. The van der Waals surface area contributed by atoms with Crippen LogP contribution in [0.5, 0.6) is 5.75 Å². The molecule has 0 fully saturated rings. The van der Waals surface area contributed by atoms with Crippen molar-refractivity contribution in [2.24, 2.45) is 0 Å². The summed E-state index contributed by atoms with van der Waals surface area (Å²) in [6.07, 6.45) is -4.42. The number of methoxy groups -OCH3 is 1. The molecule has 1 aromatic carbocycles. The molecule has 0 spiro atoms. The molecular formula is C10H8F3O3. The highest BCUT2D eigenvalue weighted by Gasteiger charge is 2.28. The molecule has 0 saturated heterocycles. The van der Waals surface area contributed by atoms with Gasteiger partial charge in [-0.1, -0.05) is 0 Å². The number of ether oxygens (including phenoxy) is 2. The highest BCUT2D eigenvalue weighted by Crippen LogP contribution is 2.19. The van der Waals surface area contributed by atoms with E-state index in [1.165, 1.54) is 19.2 Å². The van der Waals surface area contributed by atoms with E-state index in [-0.39, 0.29) is 11.3 Å².